The summed E-state index contributed by atoms with van der Waals surface area (Å²) >= 11 is 0. The minimum absolute atomic E-state index is 0.0837. The van der Waals surface area contributed by atoms with Crippen molar-refractivity contribution in [3.63, 3.8) is 0 Å². The molecule has 2 heterocycles. The molecule has 1 saturated carbocycles. The lowest BCUT2D eigenvalue weighted by molar-refractivity contribution is 0.137. The van der Waals surface area contributed by atoms with Gasteiger partial charge < -0.3 is 9.30 Å². The first-order chi connectivity index (χ1) is 11.5. The van der Waals surface area contributed by atoms with E-state index >= 15 is 0 Å². The van der Waals surface area contributed by atoms with Gasteiger partial charge in [0, 0.05) is 31.2 Å². The summed E-state index contributed by atoms with van der Waals surface area (Å²) in [6.45, 7) is 2.18. The van der Waals surface area contributed by atoms with Crippen LogP contribution in [-0.4, -0.2) is 42.7 Å². The van der Waals surface area contributed by atoms with E-state index in [1.54, 1.807) is 4.31 Å². The number of rotatable bonds is 5. The van der Waals surface area contributed by atoms with E-state index in [0.29, 0.717) is 13.1 Å². The highest BCUT2D eigenvalue weighted by atomic mass is 32.2. The zero-order valence-electron chi connectivity index (χ0n) is 14.0. The minimum Gasteiger partial charge on any atom is -0.490 e. The molecule has 1 aromatic heterocycles. The number of piperidine rings is 1. The highest BCUT2D eigenvalue weighted by Gasteiger charge is 2.26. The zero-order chi connectivity index (χ0) is 16.7. The van der Waals surface area contributed by atoms with Crippen molar-refractivity contribution in [2.75, 3.05) is 19.3 Å². The first-order valence-electron chi connectivity index (χ1n) is 8.70. The number of aromatic nitrogens is 1. The number of hydrogen-bond acceptors (Lipinski definition) is 3. The number of hydrogen-bond donors (Lipinski definition) is 0. The molecule has 0 amide bonds. The van der Waals surface area contributed by atoms with Crippen LogP contribution in [0.15, 0.2) is 30.5 Å². The molecule has 0 unspecified atom stereocenters. The van der Waals surface area contributed by atoms with Gasteiger partial charge in [0.1, 0.15) is 11.9 Å². The van der Waals surface area contributed by atoms with Crippen molar-refractivity contribution in [3.8, 4) is 5.75 Å². The van der Waals surface area contributed by atoms with Crippen molar-refractivity contribution >= 4 is 20.9 Å². The van der Waals surface area contributed by atoms with Gasteiger partial charge in [0.2, 0.25) is 10.0 Å². The van der Waals surface area contributed by atoms with Crippen molar-refractivity contribution in [1.82, 2.24) is 8.87 Å². The molecular formula is C18H24N2O3S. The van der Waals surface area contributed by atoms with Crippen LogP contribution in [0.4, 0.5) is 0 Å². The summed E-state index contributed by atoms with van der Waals surface area (Å²) in [5, 5.41) is 1.16. The van der Waals surface area contributed by atoms with Gasteiger partial charge in [-0.25, -0.2) is 12.7 Å². The summed E-state index contributed by atoms with van der Waals surface area (Å²) in [5.41, 5.74) is 1.23. The van der Waals surface area contributed by atoms with E-state index in [1.807, 2.05) is 12.1 Å². The quantitative estimate of drug-likeness (QED) is 0.835. The molecule has 24 heavy (non-hydrogen) atoms. The summed E-state index contributed by atoms with van der Waals surface area (Å²) in [4.78, 5) is 0. The topological polar surface area (TPSA) is 51.5 Å². The Kier molecular flexibility index (Phi) is 4.04. The Labute approximate surface area is 143 Å². The Hall–Kier alpha value is -1.53. The van der Waals surface area contributed by atoms with E-state index in [4.69, 9.17) is 4.74 Å². The molecule has 1 aliphatic carbocycles. The van der Waals surface area contributed by atoms with Crippen LogP contribution in [0.2, 0.25) is 0 Å². The Balaban J connectivity index is 1.48. The Morgan fingerprint density at radius 1 is 1.12 bits per heavy atom. The molecular weight excluding hydrogens is 324 g/mol. The average Bonchev–Trinajstić information content (AvgIpc) is 3.27. The van der Waals surface area contributed by atoms with Gasteiger partial charge in [-0.1, -0.05) is 6.07 Å². The van der Waals surface area contributed by atoms with E-state index in [1.165, 1.54) is 24.6 Å². The van der Waals surface area contributed by atoms with Gasteiger partial charge in [-0.15, -0.1) is 0 Å². The van der Waals surface area contributed by atoms with Crippen LogP contribution >= 0.6 is 0 Å². The molecule has 130 valence electrons. The minimum atomic E-state index is -3.08. The van der Waals surface area contributed by atoms with Gasteiger partial charge in [0.25, 0.3) is 0 Å². The molecule has 1 aromatic carbocycles. The van der Waals surface area contributed by atoms with Gasteiger partial charge in [0.15, 0.2) is 0 Å². The monoisotopic (exact) mass is 348 g/mol. The fourth-order valence-electron chi connectivity index (χ4n) is 3.50. The second kappa shape index (κ2) is 6.08. The average molecular weight is 348 g/mol. The SMILES string of the molecule is CS(=O)(=O)N1CCC(Oc2cccc3c2ccn3CC2CC2)CC1. The van der Waals surface area contributed by atoms with Crippen LogP contribution < -0.4 is 4.74 Å². The third-order valence-electron chi connectivity index (χ3n) is 5.09. The van der Waals surface area contributed by atoms with Gasteiger partial charge in [0.05, 0.1) is 11.8 Å². The molecule has 5 nitrogen and oxygen atoms in total. The molecule has 1 aliphatic heterocycles. The van der Waals surface area contributed by atoms with E-state index < -0.39 is 10.0 Å². The first-order valence-corrected chi connectivity index (χ1v) is 10.6. The molecule has 0 spiro atoms. The normalized spacial score (nSPS) is 20.5. The Bertz CT molecular complexity index is 831. The molecule has 0 atom stereocenters. The molecule has 2 aromatic rings. The summed E-state index contributed by atoms with van der Waals surface area (Å²) in [5.74, 6) is 1.75. The number of fused-ring (bicyclic) bond motifs is 1. The molecule has 0 radical (unpaired) electrons. The third kappa shape index (κ3) is 3.30. The van der Waals surface area contributed by atoms with Gasteiger partial charge in [-0.3, -0.25) is 0 Å². The van der Waals surface area contributed by atoms with Crippen molar-refractivity contribution in [1.29, 1.82) is 0 Å². The van der Waals surface area contributed by atoms with Crippen LogP contribution in [0.3, 0.4) is 0 Å². The highest BCUT2D eigenvalue weighted by Crippen LogP contribution is 2.34. The fourth-order valence-corrected chi connectivity index (χ4v) is 4.37. The van der Waals surface area contributed by atoms with Crippen LogP contribution in [0.1, 0.15) is 25.7 Å². The maximum Gasteiger partial charge on any atom is 0.211 e. The maximum absolute atomic E-state index is 11.6. The fraction of sp³-hybridized carbons (Fsp3) is 0.556. The van der Waals surface area contributed by atoms with Crippen molar-refractivity contribution in [2.24, 2.45) is 5.92 Å². The van der Waals surface area contributed by atoms with Crippen LogP contribution in [0.25, 0.3) is 10.9 Å². The van der Waals surface area contributed by atoms with E-state index in [0.717, 1.165) is 36.4 Å². The van der Waals surface area contributed by atoms with E-state index in [9.17, 15) is 8.42 Å². The lowest BCUT2D eigenvalue weighted by Gasteiger charge is -2.30. The van der Waals surface area contributed by atoms with Gasteiger partial charge >= 0.3 is 0 Å². The number of nitrogens with zero attached hydrogens (tertiary/aromatic N) is 2. The Morgan fingerprint density at radius 3 is 2.54 bits per heavy atom. The number of benzene rings is 1. The predicted octanol–water partition coefficient (Wildman–Crippen LogP) is 2.85. The van der Waals surface area contributed by atoms with Crippen LogP contribution in [0, 0.1) is 5.92 Å². The number of ether oxygens (including phenoxy) is 1. The molecule has 0 N–H and O–H groups in total. The summed E-state index contributed by atoms with van der Waals surface area (Å²) in [6.07, 6.45) is 7.68. The molecule has 2 aliphatic rings. The molecule has 0 bridgehead atoms. The smallest absolute Gasteiger partial charge is 0.211 e. The van der Waals surface area contributed by atoms with E-state index in [2.05, 4.69) is 22.9 Å². The van der Waals surface area contributed by atoms with Gasteiger partial charge in [-0.05, 0) is 49.8 Å². The lowest BCUT2D eigenvalue weighted by Crippen LogP contribution is -2.41. The second-order valence-corrected chi connectivity index (χ2v) is 9.06. The predicted molar refractivity (Wildman–Crippen MR) is 94.7 cm³/mol. The van der Waals surface area contributed by atoms with Crippen LogP contribution in [0.5, 0.6) is 5.75 Å². The molecule has 1 saturated heterocycles. The highest BCUT2D eigenvalue weighted by molar-refractivity contribution is 7.88. The lowest BCUT2D eigenvalue weighted by atomic mass is 10.1. The third-order valence-corrected chi connectivity index (χ3v) is 6.39. The van der Waals surface area contributed by atoms with Crippen LogP contribution in [-0.2, 0) is 16.6 Å². The van der Waals surface area contributed by atoms with Crippen molar-refractivity contribution in [3.05, 3.63) is 30.5 Å². The molecule has 2 fully saturated rings. The Morgan fingerprint density at radius 2 is 1.88 bits per heavy atom. The van der Waals surface area contributed by atoms with Gasteiger partial charge in [-0.2, -0.15) is 0 Å². The van der Waals surface area contributed by atoms with Crippen molar-refractivity contribution < 1.29 is 13.2 Å². The summed E-state index contributed by atoms with van der Waals surface area (Å²) in [7, 11) is -3.08. The first kappa shape index (κ1) is 16.0. The maximum atomic E-state index is 11.6. The second-order valence-electron chi connectivity index (χ2n) is 7.08. The zero-order valence-corrected chi connectivity index (χ0v) is 14.8. The summed E-state index contributed by atoms with van der Waals surface area (Å²) < 4.78 is 33.3. The summed E-state index contributed by atoms with van der Waals surface area (Å²) in [6, 6.07) is 8.36. The van der Waals surface area contributed by atoms with E-state index in [-0.39, 0.29) is 6.10 Å². The standard InChI is InChI=1S/C18H24N2O3S/c1-24(21,22)20-11-7-15(8-12-20)23-18-4-2-3-17-16(18)9-10-19(17)13-14-5-6-14/h2-4,9-10,14-15H,5-8,11-13H2,1H3. The molecule has 4 rings (SSSR count). The number of sulfonamides is 1. The molecule has 6 heteroatoms. The van der Waals surface area contributed by atoms with Crippen molar-refractivity contribution in [2.45, 2.75) is 38.3 Å². The largest absolute Gasteiger partial charge is 0.490 e.